The number of benzene rings is 1. The molecule has 0 atom stereocenters. The second-order valence-corrected chi connectivity index (χ2v) is 4.64. The van der Waals surface area contributed by atoms with Crippen molar-refractivity contribution in [2.75, 3.05) is 11.9 Å². The second kappa shape index (κ2) is 4.34. The first-order valence-corrected chi connectivity index (χ1v) is 5.80. The Kier molecular flexibility index (Phi) is 3.35. The predicted octanol–water partition coefficient (Wildman–Crippen LogP) is 0.688. The predicted molar refractivity (Wildman–Crippen MR) is 59.9 cm³/mol. The molecule has 0 aromatic heterocycles. The van der Waals surface area contributed by atoms with E-state index in [-0.39, 0.29) is 4.90 Å². The summed E-state index contributed by atoms with van der Waals surface area (Å²) in [4.78, 5) is 0.0765. The third-order valence-corrected chi connectivity index (χ3v) is 2.83. The lowest BCUT2D eigenvalue weighted by atomic mass is 10.2. The van der Waals surface area contributed by atoms with Crippen LogP contribution in [-0.4, -0.2) is 15.0 Å². The highest BCUT2D eigenvalue weighted by molar-refractivity contribution is 7.89. The first-order valence-electron chi connectivity index (χ1n) is 4.26. The maximum Gasteiger partial charge on any atom is 0.238 e. The molecule has 15 heavy (non-hydrogen) atoms. The number of hydrogen-bond acceptors (Lipinski definition) is 3. The van der Waals surface area contributed by atoms with Crippen molar-refractivity contribution in [3.05, 3.63) is 23.8 Å². The Morgan fingerprint density at radius 1 is 1.53 bits per heavy atom. The Hall–Kier alpha value is -1.51. The molecule has 4 nitrogen and oxygen atoms in total. The molecule has 0 fully saturated rings. The van der Waals surface area contributed by atoms with Crippen molar-refractivity contribution in [2.45, 2.75) is 11.8 Å². The zero-order valence-electron chi connectivity index (χ0n) is 8.32. The number of anilines is 1. The molecular formula is C10H12N2O2S. The van der Waals surface area contributed by atoms with Gasteiger partial charge >= 0.3 is 0 Å². The van der Waals surface area contributed by atoms with Crippen molar-refractivity contribution in [3.63, 3.8) is 0 Å². The van der Waals surface area contributed by atoms with Gasteiger partial charge in [0.05, 0.1) is 11.4 Å². The summed E-state index contributed by atoms with van der Waals surface area (Å²) in [6.45, 7) is 2.20. The zero-order valence-corrected chi connectivity index (χ0v) is 9.14. The van der Waals surface area contributed by atoms with E-state index in [1.807, 2.05) is 6.92 Å². The van der Waals surface area contributed by atoms with Gasteiger partial charge in [0.25, 0.3) is 0 Å². The van der Waals surface area contributed by atoms with Gasteiger partial charge in [0.1, 0.15) is 0 Å². The van der Waals surface area contributed by atoms with E-state index in [1.54, 1.807) is 6.07 Å². The van der Waals surface area contributed by atoms with Crippen molar-refractivity contribution >= 4 is 15.7 Å². The minimum atomic E-state index is -3.66. The summed E-state index contributed by atoms with van der Waals surface area (Å²) in [7, 11) is -3.66. The molecule has 1 aromatic carbocycles. The molecule has 0 heterocycles. The smallest absolute Gasteiger partial charge is 0.238 e. The van der Waals surface area contributed by atoms with Crippen LogP contribution in [0.4, 0.5) is 5.69 Å². The van der Waals surface area contributed by atoms with Gasteiger partial charge in [-0.1, -0.05) is 12.0 Å². The van der Waals surface area contributed by atoms with Gasteiger partial charge in [-0.05, 0) is 24.6 Å². The Morgan fingerprint density at radius 2 is 2.20 bits per heavy atom. The molecule has 0 bridgehead atoms. The average molecular weight is 224 g/mol. The van der Waals surface area contributed by atoms with Gasteiger partial charge in [-0.3, -0.25) is 0 Å². The summed E-state index contributed by atoms with van der Waals surface area (Å²) in [5.41, 5.74) is 1.59. The van der Waals surface area contributed by atoms with Crippen molar-refractivity contribution in [3.8, 4) is 12.3 Å². The number of terminal acetylenes is 1. The molecule has 80 valence electrons. The first kappa shape index (κ1) is 11.6. The number of rotatable bonds is 3. The fraction of sp³-hybridized carbons (Fsp3) is 0.200. The van der Waals surface area contributed by atoms with Crippen molar-refractivity contribution < 1.29 is 8.42 Å². The number of nitrogens with two attached hydrogens (primary N) is 1. The molecule has 0 spiro atoms. The van der Waals surface area contributed by atoms with E-state index < -0.39 is 10.0 Å². The highest BCUT2D eigenvalue weighted by Gasteiger charge is 2.09. The molecule has 0 unspecified atom stereocenters. The number of sulfonamides is 1. The lowest BCUT2D eigenvalue weighted by molar-refractivity contribution is 0.598. The van der Waals surface area contributed by atoms with E-state index in [4.69, 9.17) is 11.6 Å². The third kappa shape index (κ3) is 2.98. The topological polar surface area (TPSA) is 72.2 Å². The van der Waals surface area contributed by atoms with E-state index in [2.05, 4.69) is 11.2 Å². The SMILES string of the molecule is C#CCNc1cc(S(N)(=O)=O)ccc1C. The minimum absolute atomic E-state index is 0.0765. The summed E-state index contributed by atoms with van der Waals surface area (Å²) in [6, 6.07) is 4.62. The van der Waals surface area contributed by atoms with Crippen LogP contribution in [0.15, 0.2) is 23.1 Å². The first-order chi connectivity index (χ1) is 6.95. The molecule has 3 N–H and O–H groups in total. The quantitative estimate of drug-likeness (QED) is 0.742. The Balaban J connectivity index is 3.12. The third-order valence-electron chi connectivity index (χ3n) is 1.92. The molecule has 1 rings (SSSR count). The molecule has 0 saturated carbocycles. The number of aryl methyl sites for hydroxylation is 1. The normalized spacial score (nSPS) is 10.7. The molecule has 1 aromatic rings. The average Bonchev–Trinajstić information content (AvgIpc) is 2.15. The Morgan fingerprint density at radius 3 is 2.73 bits per heavy atom. The van der Waals surface area contributed by atoms with Crippen molar-refractivity contribution in [1.82, 2.24) is 0 Å². The van der Waals surface area contributed by atoms with Crippen LogP contribution < -0.4 is 10.5 Å². The van der Waals surface area contributed by atoms with Gasteiger partial charge in [-0.25, -0.2) is 13.6 Å². The minimum Gasteiger partial charge on any atom is -0.374 e. The van der Waals surface area contributed by atoms with Gasteiger partial charge in [0.2, 0.25) is 10.0 Å². The van der Waals surface area contributed by atoms with Crippen LogP contribution in [0.5, 0.6) is 0 Å². The molecular weight excluding hydrogens is 212 g/mol. The Labute approximate surface area is 89.5 Å². The summed E-state index contributed by atoms with van der Waals surface area (Å²) in [6.07, 6.45) is 5.09. The summed E-state index contributed by atoms with van der Waals surface area (Å²) in [5, 5.41) is 7.93. The highest BCUT2D eigenvalue weighted by Crippen LogP contribution is 2.18. The molecule has 0 saturated heterocycles. The van der Waals surface area contributed by atoms with Crippen LogP contribution in [0.3, 0.4) is 0 Å². The summed E-state index contributed by atoms with van der Waals surface area (Å²) >= 11 is 0. The molecule has 5 heteroatoms. The summed E-state index contributed by atoms with van der Waals surface area (Å²) in [5.74, 6) is 2.41. The van der Waals surface area contributed by atoms with Gasteiger partial charge in [-0.15, -0.1) is 6.42 Å². The molecule has 0 amide bonds. The lowest BCUT2D eigenvalue weighted by Crippen LogP contribution is -2.13. The fourth-order valence-electron chi connectivity index (χ4n) is 1.11. The van der Waals surface area contributed by atoms with Gasteiger partial charge in [0.15, 0.2) is 0 Å². The van der Waals surface area contributed by atoms with Crippen LogP contribution in [0.2, 0.25) is 0 Å². The zero-order chi connectivity index (χ0) is 11.5. The van der Waals surface area contributed by atoms with Crippen LogP contribution in [0, 0.1) is 19.3 Å². The van der Waals surface area contributed by atoms with Crippen LogP contribution in [0.1, 0.15) is 5.56 Å². The maximum atomic E-state index is 11.1. The number of hydrogen-bond donors (Lipinski definition) is 2. The molecule has 0 aliphatic heterocycles. The van der Waals surface area contributed by atoms with Crippen molar-refractivity contribution in [1.29, 1.82) is 0 Å². The van der Waals surface area contributed by atoms with Crippen LogP contribution in [-0.2, 0) is 10.0 Å². The maximum absolute atomic E-state index is 11.1. The largest absolute Gasteiger partial charge is 0.374 e. The Bertz CT molecular complexity index is 501. The molecule has 0 radical (unpaired) electrons. The van der Waals surface area contributed by atoms with Crippen LogP contribution >= 0.6 is 0 Å². The number of primary sulfonamides is 1. The van der Waals surface area contributed by atoms with E-state index in [1.165, 1.54) is 12.1 Å². The second-order valence-electron chi connectivity index (χ2n) is 3.08. The van der Waals surface area contributed by atoms with Crippen LogP contribution in [0.25, 0.3) is 0 Å². The van der Waals surface area contributed by atoms with Gasteiger partial charge < -0.3 is 5.32 Å². The van der Waals surface area contributed by atoms with E-state index in [0.717, 1.165) is 5.56 Å². The summed E-state index contributed by atoms with van der Waals surface area (Å²) < 4.78 is 22.2. The van der Waals surface area contributed by atoms with E-state index in [0.29, 0.717) is 12.2 Å². The van der Waals surface area contributed by atoms with E-state index in [9.17, 15) is 8.42 Å². The standard InChI is InChI=1S/C10H12N2O2S/c1-3-6-12-10-7-9(15(11,13)14)5-4-8(10)2/h1,4-5,7,12H,6H2,2H3,(H2,11,13,14). The molecule has 0 aliphatic rings. The van der Waals surface area contributed by atoms with E-state index >= 15 is 0 Å². The number of nitrogens with one attached hydrogen (secondary N) is 1. The lowest BCUT2D eigenvalue weighted by Gasteiger charge is -2.08. The van der Waals surface area contributed by atoms with Gasteiger partial charge in [-0.2, -0.15) is 0 Å². The monoisotopic (exact) mass is 224 g/mol. The highest BCUT2D eigenvalue weighted by atomic mass is 32.2. The van der Waals surface area contributed by atoms with Crippen molar-refractivity contribution in [2.24, 2.45) is 5.14 Å². The fourth-order valence-corrected chi connectivity index (χ4v) is 1.65. The molecule has 0 aliphatic carbocycles. The van der Waals surface area contributed by atoms with Gasteiger partial charge in [0, 0.05) is 5.69 Å².